The maximum Gasteiger partial charge on any atom is 0.243 e. The Balaban J connectivity index is 0.00000289. The summed E-state index contributed by atoms with van der Waals surface area (Å²) >= 11 is 0. The first-order valence-corrected chi connectivity index (χ1v) is 6.86. The summed E-state index contributed by atoms with van der Waals surface area (Å²) in [6.45, 7) is 2.70. The number of rotatable bonds is 6. The third kappa shape index (κ3) is 4.89. The maximum atomic E-state index is 13.5. The molecule has 1 rings (SSSR count). The van der Waals surface area contributed by atoms with Crippen molar-refractivity contribution >= 4 is 22.4 Å². The van der Waals surface area contributed by atoms with Crippen LogP contribution in [0.5, 0.6) is 0 Å². The van der Waals surface area contributed by atoms with E-state index in [9.17, 15) is 12.8 Å². The third-order valence-electron chi connectivity index (χ3n) is 2.27. The fourth-order valence-corrected chi connectivity index (χ4v) is 2.50. The molecular weight excluding hydrogens is 279 g/mol. The molecular formula is C11H18ClFN2O2S. The van der Waals surface area contributed by atoms with Crippen LogP contribution in [-0.4, -0.2) is 28.6 Å². The van der Waals surface area contributed by atoms with Gasteiger partial charge in [-0.3, -0.25) is 0 Å². The molecule has 0 aliphatic carbocycles. The molecule has 0 fully saturated rings. The molecule has 18 heavy (non-hydrogen) atoms. The second-order valence-electron chi connectivity index (χ2n) is 3.79. The Labute approximate surface area is 113 Å². The van der Waals surface area contributed by atoms with Crippen LogP contribution < -0.4 is 10.0 Å². The van der Waals surface area contributed by atoms with Gasteiger partial charge in [-0.25, -0.2) is 17.5 Å². The lowest BCUT2D eigenvalue weighted by molar-refractivity contribution is 0.554. The van der Waals surface area contributed by atoms with Crippen molar-refractivity contribution in [3.63, 3.8) is 0 Å². The second-order valence-corrected chi connectivity index (χ2v) is 5.52. The summed E-state index contributed by atoms with van der Waals surface area (Å²) in [7, 11) is -1.96. The molecule has 0 saturated heterocycles. The topological polar surface area (TPSA) is 58.2 Å². The molecule has 0 aliphatic heterocycles. The molecule has 0 spiro atoms. The average molecular weight is 297 g/mol. The largest absolute Gasteiger partial charge is 0.320 e. The monoisotopic (exact) mass is 296 g/mol. The minimum atomic E-state index is -3.74. The van der Waals surface area contributed by atoms with Crippen LogP contribution in [0.25, 0.3) is 0 Å². The fourth-order valence-electron chi connectivity index (χ4n) is 1.37. The Hall–Kier alpha value is -0.690. The quantitative estimate of drug-likeness (QED) is 0.781. The van der Waals surface area contributed by atoms with Gasteiger partial charge in [-0.15, -0.1) is 12.4 Å². The van der Waals surface area contributed by atoms with Gasteiger partial charge in [-0.2, -0.15) is 0 Å². The summed E-state index contributed by atoms with van der Waals surface area (Å²) in [6, 6.07) is 4.07. The molecule has 0 bridgehead atoms. The zero-order valence-corrected chi connectivity index (χ0v) is 12.0. The first-order chi connectivity index (χ1) is 7.97. The molecule has 2 N–H and O–H groups in total. The predicted octanol–water partition coefficient (Wildman–Crippen LogP) is 1.44. The number of sulfonamides is 1. The van der Waals surface area contributed by atoms with Gasteiger partial charge in [0.15, 0.2) is 0 Å². The van der Waals surface area contributed by atoms with Crippen LogP contribution in [0.4, 0.5) is 4.39 Å². The Kier molecular flexibility index (Phi) is 7.39. The van der Waals surface area contributed by atoms with Gasteiger partial charge in [0.25, 0.3) is 0 Å². The van der Waals surface area contributed by atoms with Crippen LogP contribution in [0.3, 0.4) is 0 Å². The average Bonchev–Trinajstić information content (AvgIpc) is 2.24. The number of aryl methyl sites for hydroxylation is 1. The summed E-state index contributed by atoms with van der Waals surface area (Å²) in [4.78, 5) is -0.299. The molecule has 0 saturated carbocycles. The Morgan fingerprint density at radius 2 is 1.94 bits per heavy atom. The first-order valence-electron chi connectivity index (χ1n) is 5.38. The lowest BCUT2D eigenvalue weighted by Gasteiger charge is -2.07. The molecule has 1 aromatic rings. The normalized spacial score (nSPS) is 11.1. The first kappa shape index (κ1) is 17.3. The highest BCUT2D eigenvalue weighted by Gasteiger charge is 2.17. The molecule has 4 nitrogen and oxygen atoms in total. The fraction of sp³-hybridized carbons (Fsp3) is 0.455. The summed E-state index contributed by atoms with van der Waals surface area (Å²) in [5.74, 6) is -0.717. The zero-order valence-electron chi connectivity index (χ0n) is 10.4. The van der Waals surface area contributed by atoms with Gasteiger partial charge >= 0.3 is 0 Å². The minimum absolute atomic E-state index is 0. The summed E-state index contributed by atoms with van der Waals surface area (Å²) in [5, 5.41) is 2.90. The highest BCUT2D eigenvalue weighted by molar-refractivity contribution is 7.89. The van der Waals surface area contributed by atoms with Crippen LogP contribution in [-0.2, 0) is 10.0 Å². The van der Waals surface area contributed by atoms with E-state index in [1.165, 1.54) is 12.1 Å². The Morgan fingerprint density at radius 1 is 1.28 bits per heavy atom. The van der Waals surface area contributed by atoms with Gasteiger partial charge in [0.05, 0.1) is 0 Å². The number of hydrogen-bond acceptors (Lipinski definition) is 3. The highest BCUT2D eigenvalue weighted by Crippen LogP contribution is 2.15. The van der Waals surface area contributed by atoms with Crippen LogP contribution in [0.1, 0.15) is 12.0 Å². The Bertz CT molecular complexity index is 480. The number of benzene rings is 1. The van der Waals surface area contributed by atoms with Crippen molar-refractivity contribution in [2.75, 3.05) is 20.1 Å². The summed E-state index contributed by atoms with van der Waals surface area (Å²) in [6.07, 6.45) is 0.656. The molecule has 1 aromatic carbocycles. The van der Waals surface area contributed by atoms with Crippen LogP contribution in [0.2, 0.25) is 0 Å². The molecule has 7 heteroatoms. The lowest BCUT2D eigenvalue weighted by atomic mass is 10.2. The highest BCUT2D eigenvalue weighted by atomic mass is 35.5. The second kappa shape index (κ2) is 7.68. The molecule has 0 aliphatic rings. The molecule has 0 atom stereocenters. The smallest absolute Gasteiger partial charge is 0.243 e. The van der Waals surface area contributed by atoms with Crippen LogP contribution in [0.15, 0.2) is 23.1 Å². The zero-order chi connectivity index (χ0) is 12.9. The molecule has 104 valence electrons. The van der Waals surface area contributed by atoms with Crippen molar-refractivity contribution in [2.24, 2.45) is 0 Å². The van der Waals surface area contributed by atoms with E-state index < -0.39 is 15.8 Å². The van der Waals surface area contributed by atoms with Crippen molar-refractivity contribution in [3.8, 4) is 0 Å². The molecule has 0 heterocycles. The lowest BCUT2D eigenvalue weighted by Crippen LogP contribution is -2.27. The van der Waals surface area contributed by atoms with E-state index in [-0.39, 0.29) is 23.8 Å². The van der Waals surface area contributed by atoms with Gasteiger partial charge in [-0.05, 0) is 44.6 Å². The molecule has 0 amide bonds. The van der Waals surface area contributed by atoms with Crippen LogP contribution in [0, 0.1) is 12.7 Å². The van der Waals surface area contributed by atoms with E-state index >= 15 is 0 Å². The minimum Gasteiger partial charge on any atom is -0.320 e. The van der Waals surface area contributed by atoms with E-state index in [0.717, 1.165) is 0 Å². The SMILES string of the molecule is CNCCCNS(=O)(=O)c1ccc(C)cc1F.Cl. The van der Waals surface area contributed by atoms with Crippen molar-refractivity contribution in [3.05, 3.63) is 29.6 Å². The Morgan fingerprint density at radius 3 is 2.50 bits per heavy atom. The van der Waals surface area contributed by atoms with E-state index in [1.54, 1.807) is 20.0 Å². The van der Waals surface area contributed by atoms with Crippen molar-refractivity contribution in [2.45, 2.75) is 18.2 Å². The predicted molar refractivity (Wildman–Crippen MR) is 72.1 cm³/mol. The van der Waals surface area contributed by atoms with E-state index in [0.29, 0.717) is 18.5 Å². The van der Waals surface area contributed by atoms with Crippen LogP contribution >= 0.6 is 12.4 Å². The third-order valence-corrected chi connectivity index (χ3v) is 3.77. The van der Waals surface area contributed by atoms with Crippen molar-refractivity contribution < 1.29 is 12.8 Å². The number of halogens is 2. The van der Waals surface area contributed by atoms with Gasteiger partial charge in [-0.1, -0.05) is 6.07 Å². The molecule has 0 aromatic heterocycles. The van der Waals surface area contributed by atoms with E-state index in [2.05, 4.69) is 10.0 Å². The molecule has 0 unspecified atom stereocenters. The number of hydrogen-bond donors (Lipinski definition) is 2. The van der Waals surface area contributed by atoms with E-state index in [1.807, 2.05) is 0 Å². The van der Waals surface area contributed by atoms with Gasteiger partial charge < -0.3 is 5.32 Å². The molecule has 0 radical (unpaired) electrons. The van der Waals surface area contributed by atoms with E-state index in [4.69, 9.17) is 0 Å². The summed E-state index contributed by atoms with van der Waals surface area (Å²) < 4.78 is 39.4. The summed E-state index contributed by atoms with van der Waals surface area (Å²) in [5.41, 5.74) is 0.691. The number of nitrogens with one attached hydrogen (secondary N) is 2. The van der Waals surface area contributed by atoms with Gasteiger partial charge in [0.1, 0.15) is 10.7 Å². The maximum absolute atomic E-state index is 13.5. The van der Waals surface area contributed by atoms with Gasteiger partial charge in [0, 0.05) is 6.54 Å². The standard InChI is InChI=1S/C11H17FN2O2S.ClH/c1-9-4-5-11(10(12)8-9)17(15,16)14-7-3-6-13-2;/h4-5,8,13-14H,3,6-7H2,1-2H3;1H. The van der Waals surface area contributed by atoms with Crippen molar-refractivity contribution in [1.29, 1.82) is 0 Å². The van der Waals surface area contributed by atoms with Crippen molar-refractivity contribution in [1.82, 2.24) is 10.0 Å². The van der Waals surface area contributed by atoms with Gasteiger partial charge in [0.2, 0.25) is 10.0 Å².